The zero-order valence-electron chi connectivity index (χ0n) is 15.3. The minimum Gasteiger partial charge on any atom is -0.317 e. The van der Waals surface area contributed by atoms with Gasteiger partial charge in [0.2, 0.25) is 10.0 Å². The van der Waals surface area contributed by atoms with Crippen LogP contribution in [0.5, 0.6) is 0 Å². The summed E-state index contributed by atoms with van der Waals surface area (Å²) in [6.07, 6.45) is 3.13. The van der Waals surface area contributed by atoms with Crippen molar-refractivity contribution in [2.45, 2.75) is 4.90 Å². The van der Waals surface area contributed by atoms with Crippen molar-refractivity contribution >= 4 is 33.6 Å². The van der Waals surface area contributed by atoms with E-state index < -0.39 is 27.7 Å². The zero-order chi connectivity index (χ0) is 21.5. The second kappa shape index (κ2) is 7.25. The summed E-state index contributed by atoms with van der Waals surface area (Å²) in [7, 11) is -3.81. The van der Waals surface area contributed by atoms with Crippen molar-refractivity contribution in [3.8, 4) is 5.69 Å². The number of benzene rings is 2. The summed E-state index contributed by atoms with van der Waals surface area (Å²) < 4.78 is 37.6. The lowest BCUT2D eigenvalue weighted by Gasteiger charge is -2.14. The van der Waals surface area contributed by atoms with Crippen LogP contribution < -0.4 is 15.6 Å². The zero-order valence-corrected chi connectivity index (χ0v) is 16.1. The number of hydrogen-bond donors (Lipinski definition) is 2. The van der Waals surface area contributed by atoms with E-state index in [1.165, 1.54) is 42.5 Å². The highest BCUT2D eigenvalue weighted by Gasteiger charge is 2.34. The highest BCUT2D eigenvalue weighted by Crippen LogP contribution is 2.23. The van der Waals surface area contributed by atoms with Gasteiger partial charge in [-0.05, 0) is 66.7 Å². The van der Waals surface area contributed by atoms with Crippen LogP contribution in [0.3, 0.4) is 0 Å². The van der Waals surface area contributed by atoms with E-state index in [4.69, 9.17) is 5.14 Å². The van der Waals surface area contributed by atoms with Gasteiger partial charge in [-0.25, -0.2) is 23.0 Å². The Morgan fingerprint density at radius 3 is 2.20 bits per heavy atom. The number of aromatic nitrogens is 1. The predicted octanol–water partition coefficient (Wildman–Crippen LogP) is 1.73. The third-order valence-electron chi connectivity index (χ3n) is 4.49. The molecule has 0 radical (unpaired) electrons. The van der Waals surface area contributed by atoms with Crippen LogP contribution in [0.1, 0.15) is 5.69 Å². The molecule has 152 valence electrons. The van der Waals surface area contributed by atoms with Crippen molar-refractivity contribution < 1.29 is 22.4 Å². The van der Waals surface area contributed by atoms with E-state index in [-0.39, 0.29) is 10.5 Å². The summed E-state index contributed by atoms with van der Waals surface area (Å²) in [4.78, 5) is 25.1. The van der Waals surface area contributed by atoms with Crippen LogP contribution >= 0.6 is 0 Å². The van der Waals surface area contributed by atoms with E-state index in [0.29, 0.717) is 17.1 Å². The first-order valence-electron chi connectivity index (χ1n) is 8.67. The van der Waals surface area contributed by atoms with Crippen LogP contribution in [0.15, 0.2) is 77.3 Å². The first-order chi connectivity index (χ1) is 14.2. The molecule has 0 spiro atoms. The summed E-state index contributed by atoms with van der Waals surface area (Å²) in [6, 6.07) is 14.4. The van der Waals surface area contributed by atoms with Crippen LogP contribution in [0.25, 0.3) is 11.8 Å². The number of amides is 2. The highest BCUT2D eigenvalue weighted by atomic mass is 32.2. The first kappa shape index (κ1) is 19.6. The van der Waals surface area contributed by atoms with Gasteiger partial charge in [0, 0.05) is 17.6 Å². The van der Waals surface area contributed by atoms with E-state index in [1.807, 2.05) is 0 Å². The molecule has 3 aromatic rings. The molecule has 1 aliphatic rings. The quantitative estimate of drug-likeness (QED) is 0.488. The molecule has 3 N–H and O–H groups in total. The lowest BCUT2D eigenvalue weighted by Crippen LogP contribution is -2.35. The van der Waals surface area contributed by atoms with Crippen LogP contribution in [-0.4, -0.2) is 24.8 Å². The van der Waals surface area contributed by atoms with Gasteiger partial charge in [-0.3, -0.25) is 15.0 Å². The Balaban J connectivity index is 1.66. The van der Waals surface area contributed by atoms with Crippen LogP contribution in [-0.2, 0) is 19.6 Å². The smallest absolute Gasteiger partial charge is 0.282 e. The van der Waals surface area contributed by atoms with E-state index >= 15 is 0 Å². The molecule has 0 aliphatic carbocycles. The molecule has 0 bridgehead atoms. The summed E-state index contributed by atoms with van der Waals surface area (Å²) in [5.74, 6) is -1.63. The van der Waals surface area contributed by atoms with Gasteiger partial charge in [0.1, 0.15) is 11.4 Å². The van der Waals surface area contributed by atoms with Crippen molar-refractivity contribution in [1.82, 2.24) is 9.99 Å². The Morgan fingerprint density at radius 1 is 0.933 bits per heavy atom. The van der Waals surface area contributed by atoms with Gasteiger partial charge in [0.15, 0.2) is 0 Å². The highest BCUT2D eigenvalue weighted by molar-refractivity contribution is 7.89. The standard InChI is InChI=1S/C20H15FN4O4S/c21-13-3-5-15(6-4-13)25-20(27)18(19(26)23-25)12-16-2-1-11-24(16)14-7-9-17(10-8-14)30(22,28)29/h1-12H,(H,23,26)(H2,22,28,29)/b18-12-. The Morgan fingerprint density at radius 2 is 1.57 bits per heavy atom. The Hall–Kier alpha value is -3.76. The minimum atomic E-state index is -3.81. The molecule has 1 fully saturated rings. The summed E-state index contributed by atoms with van der Waals surface area (Å²) in [5, 5.41) is 6.16. The summed E-state index contributed by atoms with van der Waals surface area (Å²) in [5.41, 5.74) is 3.82. The molecule has 0 atom stereocenters. The Labute approximate surface area is 171 Å². The molecule has 0 unspecified atom stereocenters. The maximum Gasteiger partial charge on any atom is 0.282 e. The van der Waals surface area contributed by atoms with Gasteiger partial charge in [-0.1, -0.05) is 0 Å². The molecule has 4 rings (SSSR count). The van der Waals surface area contributed by atoms with Crippen LogP contribution in [0.4, 0.5) is 10.1 Å². The van der Waals surface area contributed by atoms with E-state index in [9.17, 15) is 22.4 Å². The molecule has 1 aromatic heterocycles. The topological polar surface area (TPSA) is 114 Å². The van der Waals surface area contributed by atoms with Gasteiger partial charge >= 0.3 is 0 Å². The van der Waals surface area contributed by atoms with E-state index in [0.717, 1.165) is 5.01 Å². The second-order valence-electron chi connectivity index (χ2n) is 6.46. The van der Waals surface area contributed by atoms with Crippen molar-refractivity contribution in [3.05, 3.63) is 83.9 Å². The third kappa shape index (κ3) is 3.61. The van der Waals surface area contributed by atoms with Crippen molar-refractivity contribution in [1.29, 1.82) is 0 Å². The monoisotopic (exact) mass is 426 g/mol. The molecule has 2 aromatic carbocycles. The van der Waals surface area contributed by atoms with Crippen LogP contribution in [0.2, 0.25) is 0 Å². The molecule has 30 heavy (non-hydrogen) atoms. The van der Waals surface area contributed by atoms with Crippen molar-refractivity contribution in [2.75, 3.05) is 5.01 Å². The number of rotatable bonds is 4. The molecule has 2 heterocycles. The number of primary sulfonamides is 1. The molecule has 10 heteroatoms. The number of nitrogens with zero attached hydrogens (tertiary/aromatic N) is 2. The molecular formula is C20H15FN4O4S. The number of hydrazine groups is 1. The van der Waals surface area contributed by atoms with Gasteiger partial charge < -0.3 is 4.57 Å². The second-order valence-corrected chi connectivity index (χ2v) is 8.02. The maximum absolute atomic E-state index is 13.1. The van der Waals surface area contributed by atoms with E-state index in [2.05, 4.69) is 5.43 Å². The first-order valence-corrected chi connectivity index (χ1v) is 10.2. The lowest BCUT2D eigenvalue weighted by molar-refractivity contribution is -0.117. The molecule has 2 amide bonds. The van der Waals surface area contributed by atoms with Gasteiger partial charge in [0.25, 0.3) is 11.8 Å². The fourth-order valence-electron chi connectivity index (χ4n) is 3.02. The maximum atomic E-state index is 13.1. The average molecular weight is 426 g/mol. The average Bonchev–Trinajstić information content (AvgIpc) is 3.28. The number of anilines is 1. The Kier molecular flexibility index (Phi) is 4.72. The van der Waals surface area contributed by atoms with Gasteiger partial charge in [-0.15, -0.1) is 0 Å². The van der Waals surface area contributed by atoms with Gasteiger partial charge in [0.05, 0.1) is 10.6 Å². The third-order valence-corrected chi connectivity index (χ3v) is 5.42. The number of nitrogens with two attached hydrogens (primary N) is 1. The minimum absolute atomic E-state index is 0.0291. The number of hydrogen-bond acceptors (Lipinski definition) is 4. The van der Waals surface area contributed by atoms with Crippen LogP contribution in [0, 0.1) is 5.82 Å². The number of halogens is 1. The molecule has 1 saturated heterocycles. The number of carbonyl (C=O) groups excluding carboxylic acids is 2. The van der Waals surface area contributed by atoms with Crippen molar-refractivity contribution in [2.24, 2.45) is 5.14 Å². The molecule has 8 nitrogen and oxygen atoms in total. The molecule has 1 aliphatic heterocycles. The number of sulfonamides is 1. The summed E-state index contributed by atoms with van der Waals surface area (Å²) >= 11 is 0. The van der Waals surface area contributed by atoms with Crippen molar-refractivity contribution in [3.63, 3.8) is 0 Å². The molecule has 0 saturated carbocycles. The lowest BCUT2D eigenvalue weighted by atomic mass is 10.2. The van der Waals surface area contributed by atoms with E-state index in [1.54, 1.807) is 35.0 Å². The SMILES string of the molecule is NS(=O)(=O)c1ccc(-n2cccc2/C=C2/C(=O)NN(c3ccc(F)cc3)C2=O)cc1. The largest absolute Gasteiger partial charge is 0.317 e. The summed E-state index contributed by atoms with van der Waals surface area (Å²) in [6.45, 7) is 0. The number of carbonyl (C=O) groups is 2. The number of nitrogens with one attached hydrogen (secondary N) is 1. The fraction of sp³-hybridized carbons (Fsp3) is 0. The Bertz CT molecular complexity index is 1280. The fourth-order valence-corrected chi connectivity index (χ4v) is 3.54. The van der Waals surface area contributed by atoms with Gasteiger partial charge in [-0.2, -0.15) is 0 Å². The molecular weight excluding hydrogens is 411 g/mol. The predicted molar refractivity (Wildman–Crippen MR) is 107 cm³/mol. The normalized spacial score (nSPS) is 15.7.